The molecule has 3 aromatic rings. The van der Waals surface area contributed by atoms with E-state index in [2.05, 4.69) is 4.98 Å². The molecule has 3 rings (SSSR count). The highest BCUT2D eigenvalue weighted by Crippen LogP contribution is 2.22. The van der Waals surface area contributed by atoms with Crippen LogP contribution in [0.5, 0.6) is 5.75 Å². The summed E-state index contributed by atoms with van der Waals surface area (Å²) in [6, 6.07) is 22.1. The van der Waals surface area contributed by atoms with Gasteiger partial charge < -0.3 is 9.64 Å². The van der Waals surface area contributed by atoms with E-state index in [1.165, 1.54) is 0 Å². The van der Waals surface area contributed by atoms with Gasteiger partial charge in [0.05, 0.1) is 12.2 Å². The maximum Gasteiger partial charge on any atom is 0.268 e. The second kappa shape index (κ2) is 8.50. The number of hydrogen-bond acceptors (Lipinski definition) is 3. The van der Waals surface area contributed by atoms with Crippen molar-refractivity contribution in [1.82, 2.24) is 4.98 Å². The number of rotatable bonds is 6. The van der Waals surface area contributed by atoms with Crippen LogP contribution in [0.1, 0.15) is 12.6 Å². The quantitative estimate of drug-likeness (QED) is 0.633. The zero-order valence-corrected chi connectivity index (χ0v) is 15.1. The van der Waals surface area contributed by atoms with Crippen molar-refractivity contribution >= 4 is 23.2 Å². The van der Waals surface area contributed by atoms with Crippen molar-refractivity contribution in [2.75, 3.05) is 4.90 Å². The molecule has 4 nitrogen and oxygen atoms in total. The standard InChI is InChI=1S/C21H19ClN2O2/c1-16(26-20-8-3-2-4-9-20)21(25)24(15-18-7-5-6-14-23-18)19-12-10-17(22)11-13-19/h2-14,16H,15H2,1H3. The molecule has 2 aromatic carbocycles. The monoisotopic (exact) mass is 366 g/mol. The maximum absolute atomic E-state index is 13.1. The predicted molar refractivity (Wildman–Crippen MR) is 103 cm³/mol. The van der Waals surface area contributed by atoms with E-state index in [1.807, 2.05) is 60.7 Å². The Bertz CT molecular complexity index is 839. The number of anilines is 1. The third-order valence-electron chi connectivity index (χ3n) is 3.85. The van der Waals surface area contributed by atoms with E-state index in [1.54, 1.807) is 30.2 Å². The van der Waals surface area contributed by atoms with Crippen molar-refractivity contribution in [2.24, 2.45) is 0 Å². The Morgan fingerprint density at radius 3 is 2.38 bits per heavy atom. The largest absolute Gasteiger partial charge is 0.481 e. The molecule has 1 aromatic heterocycles. The fourth-order valence-electron chi connectivity index (χ4n) is 2.54. The zero-order chi connectivity index (χ0) is 18.4. The van der Waals surface area contributed by atoms with Gasteiger partial charge in [0.2, 0.25) is 0 Å². The number of aromatic nitrogens is 1. The van der Waals surface area contributed by atoms with Gasteiger partial charge in [0, 0.05) is 16.9 Å². The smallest absolute Gasteiger partial charge is 0.268 e. The summed E-state index contributed by atoms with van der Waals surface area (Å²) in [6.07, 6.45) is 1.07. The van der Waals surface area contributed by atoms with Crippen LogP contribution in [0.15, 0.2) is 79.0 Å². The van der Waals surface area contributed by atoms with Gasteiger partial charge in [-0.15, -0.1) is 0 Å². The molecule has 1 heterocycles. The van der Waals surface area contributed by atoms with E-state index in [0.717, 1.165) is 11.4 Å². The SMILES string of the molecule is CC(Oc1ccccc1)C(=O)N(Cc1ccccn1)c1ccc(Cl)cc1. The summed E-state index contributed by atoms with van der Waals surface area (Å²) in [7, 11) is 0. The number of pyridine rings is 1. The van der Waals surface area contributed by atoms with E-state index in [-0.39, 0.29) is 5.91 Å². The van der Waals surface area contributed by atoms with E-state index in [4.69, 9.17) is 16.3 Å². The van der Waals surface area contributed by atoms with Gasteiger partial charge in [0.1, 0.15) is 5.75 Å². The van der Waals surface area contributed by atoms with Crippen LogP contribution >= 0.6 is 11.6 Å². The van der Waals surface area contributed by atoms with Gasteiger partial charge in [-0.3, -0.25) is 9.78 Å². The molecule has 5 heteroatoms. The summed E-state index contributed by atoms with van der Waals surface area (Å²) in [5.41, 5.74) is 1.54. The fourth-order valence-corrected chi connectivity index (χ4v) is 2.67. The number of carbonyl (C=O) groups is 1. The highest BCUT2D eigenvalue weighted by Gasteiger charge is 2.24. The van der Waals surface area contributed by atoms with Gasteiger partial charge in [-0.25, -0.2) is 0 Å². The molecule has 0 bridgehead atoms. The van der Waals surface area contributed by atoms with Gasteiger partial charge in [-0.1, -0.05) is 35.9 Å². The summed E-state index contributed by atoms with van der Waals surface area (Å²) in [5.74, 6) is 0.504. The van der Waals surface area contributed by atoms with Crippen molar-refractivity contribution in [3.05, 3.63) is 89.7 Å². The third-order valence-corrected chi connectivity index (χ3v) is 4.11. The topological polar surface area (TPSA) is 42.4 Å². The normalized spacial score (nSPS) is 11.6. The molecule has 0 aliphatic rings. The van der Waals surface area contributed by atoms with Crippen LogP contribution in [0.4, 0.5) is 5.69 Å². The summed E-state index contributed by atoms with van der Waals surface area (Å²) in [5, 5.41) is 0.618. The number of ether oxygens (including phenoxy) is 1. The highest BCUT2D eigenvalue weighted by molar-refractivity contribution is 6.30. The number of benzene rings is 2. The molecule has 0 aliphatic heterocycles. The van der Waals surface area contributed by atoms with Gasteiger partial charge in [0.15, 0.2) is 6.10 Å². The van der Waals surface area contributed by atoms with Crippen LogP contribution in [0, 0.1) is 0 Å². The average Bonchev–Trinajstić information content (AvgIpc) is 2.68. The summed E-state index contributed by atoms with van der Waals surface area (Å²) < 4.78 is 5.80. The van der Waals surface area contributed by atoms with Crippen molar-refractivity contribution < 1.29 is 9.53 Å². The summed E-state index contributed by atoms with van der Waals surface area (Å²) >= 11 is 5.99. The lowest BCUT2D eigenvalue weighted by atomic mass is 10.2. The van der Waals surface area contributed by atoms with Crippen LogP contribution in [0.25, 0.3) is 0 Å². The second-order valence-corrected chi connectivity index (χ2v) is 6.23. The third kappa shape index (κ3) is 4.61. The first kappa shape index (κ1) is 18.0. The van der Waals surface area contributed by atoms with Crippen LogP contribution in [-0.2, 0) is 11.3 Å². The van der Waals surface area contributed by atoms with Crippen LogP contribution in [0.2, 0.25) is 5.02 Å². The minimum atomic E-state index is -0.642. The molecule has 0 aliphatic carbocycles. The van der Waals surface area contributed by atoms with E-state index in [0.29, 0.717) is 17.3 Å². The Morgan fingerprint density at radius 1 is 1.04 bits per heavy atom. The number of amides is 1. The molecule has 1 amide bonds. The molecular weight excluding hydrogens is 348 g/mol. The maximum atomic E-state index is 13.1. The average molecular weight is 367 g/mol. The predicted octanol–water partition coefficient (Wildman–Crippen LogP) is 4.74. The van der Waals surface area contributed by atoms with Crippen molar-refractivity contribution in [3.8, 4) is 5.75 Å². The lowest BCUT2D eigenvalue weighted by Gasteiger charge is -2.26. The van der Waals surface area contributed by atoms with Crippen molar-refractivity contribution in [2.45, 2.75) is 19.6 Å². The molecule has 0 radical (unpaired) electrons. The zero-order valence-electron chi connectivity index (χ0n) is 14.4. The van der Waals surface area contributed by atoms with Crippen molar-refractivity contribution in [3.63, 3.8) is 0 Å². The Labute approximate surface area is 158 Å². The van der Waals surface area contributed by atoms with E-state index < -0.39 is 6.10 Å². The minimum Gasteiger partial charge on any atom is -0.481 e. The molecule has 0 saturated heterocycles. The van der Waals surface area contributed by atoms with Gasteiger partial charge in [0.25, 0.3) is 5.91 Å². The molecule has 0 N–H and O–H groups in total. The highest BCUT2D eigenvalue weighted by atomic mass is 35.5. The molecule has 0 spiro atoms. The molecule has 0 fully saturated rings. The first-order valence-corrected chi connectivity index (χ1v) is 8.70. The second-order valence-electron chi connectivity index (χ2n) is 5.80. The Balaban J connectivity index is 1.83. The first-order chi connectivity index (χ1) is 12.6. The number of nitrogens with zero attached hydrogens (tertiary/aromatic N) is 2. The number of carbonyl (C=O) groups excluding carboxylic acids is 1. The number of para-hydroxylation sites is 1. The Hall–Kier alpha value is -2.85. The minimum absolute atomic E-state index is 0.151. The fraction of sp³-hybridized carbons (Fsp3) is 0.143. The van der Waals surface area contributed by atoms with Crippen LogP contribution in [-0.4, -0.2) is 17.0 Å². The summed E-state index contributed by atoms with van der Waals surface area (Å²) in [6.45, 7) is 2.10. The molecule has 0 saturated carbocycles. The number of hydrogen-bond donors (Lipinski definition) is 0. The number of halogens is 1. The van der Waals surface area contributed by atoms with E-state index >= 15 is 0 Å². The first-order valence-electron chi connectivity index (χ1n) is 8.32. The Kier molecular flexibility index (Phi) is 5.87. The lowest BCUT2D eigenvalue weighted by Crippen LogP contribution is -2.40. The molecule has 132 valence electrons. The van der Waals surface area contributed by atoms with Gasteiger partial charge >= 0.3 is 0 Å². The molecule has 1 unspecified atom stereocenters. The summed E-state index contributed by atoms with van der Waals surface area (Å²) in [4.78, 5) is 19.1. The lowest BCUT2D eigenvalue weighted by molar-refractivity contribution is -0.124. The Morgan fingerprint density at radius 2 is 1.73 bits per heavy atom. The van der Waals surface area contributed by atoms with E-state index in [9.17, 15) is 4.79 Å². The molecule has 1 atom stereocenters. The van der Waals surface area contributed by atoms with Crippen molar-refractivity contribution in [1.29, 1.82) is 0 Å². The van der Waals surface area contributed by atoms with Gasteiger partial charge in [-0.05, 0) is 55.5 Å². The molecular formula is C21H19ClN2O2. The molecule has 26 heavy (non-hydrogen) atoms. The van der Waals surface area contributed by atoms with Crippen LogP contribution < -0.4 is 9.64 Å². The van der Waals surface area contributed by atoms with Crippen LogP contribution in [0.3, 0.4) is 0 Å². The van der Waals surface area contributed by atoms with Gasteiger partial charge in [-0.2, -0.15) is 0 Å².